The Morgan fingerprint density at radius 1 is 0.392 bits per heavy atom. The minimum Gasteiger partial charge on any atom is -0.309 e. The van der Waals surface area contributed by atoms with Crippen molar-refractivity contribution in [1.29, 1.82) is 0 Å². The largest absolute Gasteiger partial charge is 0.309 e. The van der Waals surface area contributed by atoms with Crippen molar-refractivity contribution in [2.45, 2.75) is 0 Å². The fourth-order valence-electron chi connectivity index (χ4n) is 7.84. The highest BCUT2D eigenvalue weighted by molar-refractivity contribution is 7.26. The molecule has 5 nitrogen and oxygen atoms in total. The maximum Gasteiger partial charge on any atom is 0.238 e. The lowest BCUT2D eigenvalue weighted by Crippen LogP contribution is -2.06. The van der Waals surface area contributed by atoms with Crippen LogP contribution in [0.5, 0.6) is 0 Å². The van der Waals surface area contributed by atoms with E-state index in [4.69, 9.17) is 15.0 Å². The van der Waals surface area contributed by atoms with Crippen molar-refractivity contribution >= 4 is 75.1 Å². The van der Waals surface area contributed by atoms with Gasteiger partial charge in [0.05, 0.1) is 22.1 Å². The van der Waals surface area contributed by atoms with Crippen LogP contribution in [0.3, 0.4) is 0 Å². The summed E-state index contributed by atoms with van der Waals surface area (Å²) in [6.07, 6.45) is 0. The van der Waals surface area contributed by atoms with Gasteiger partial charge < -0.3 is 4.57 Å². The lowest BCUT2D eigenvalue weighted by Gasteiger charge is -2.12. The molecular formula is C45H27N5S. The molecule has 11 rings (SSSR count). The fourth-order valence-corrected chi connectivity index (χ4v) is 8.94. The van der Waals surface area contributed by atoms with Gasteiger partial charge in [-0.05, 0) is 42.5 Å². The van der Waals surface area contributed by atoms with Crippen LogP contribution in [-0.4, -0.2) is 24.1 Å². The molecule has 0 unspecified atom stereocenters. The molecule has 0 fully saturated rings. The molecule has 0 saturated heterocycles. The quantitative estimate of drug-likeness (QED) is 0.187. The van der Waals surface area contributed by atoms with Crippen LogP contribution < -0.4 is 0 Å². The maximum atomic E-state index is 5.42. The van der Waals surface area contributed by atoms with E-state index in [1.54, 1.807) is 0 Å². The van der Waals surface area contributed by atoms with Crippen LogP contribution >= 0.6 is 11.3 Å². The third-order valence-corrected chi connectivity index (χ3v) is 11.1. The van der Waals surface area contributed by atoms with Gasteiger partial charge in [0.1, 0.15) is 0 Å². The molecule has 4 aromatic heterocycles. The number of aromatic nitrogens is 5. The molecule has 0 atom stereocenters. The monoisotopic (exact) mass is 669 g/mol. The first kappa shape index (κ1) is 28.2. The van der Waals surface area contributed by atoms with Gasteiger partial charge in [0.15, 0.2) is 11.6 Å². The van der Waals surface area contributed by atoms with Crippen molar-refractivity contribution in [2.24, 2.45) is 0 Å². The van der Waals surface area contributed by atoms with Crippen LogP contribution in [0.2, 0.25) is 0 Å². The van der Waals surface area contributed by atoms with Gasteiger partial charge in [-0.15, -0.1) is 11.3 Å². The molecular weight excluding hydrogens is 643 g/mol. The van der Waals surface area contributed by atoms with E-state index in [0.717, 1.165) is 49.7 Å². The Hall–Kier alpha value is -6.63. The van der Waals surface area contributed by atoms with Crippen molar-refractivity contribution in [3.05, 3.63) is 164 Å². The zero-order chi connectivity index (χ0) is 33.5. The number of hydrogen-bond acceptors (Lipinski definition) is 4. The molecule has 0 bridgehead atoms. The molecule has 7 aromatic carbocycles. The van der Waals surface area contributed by atoms with Gasteiger partial charge in [0.25, 0.3) is 0 Å². The summed E-state index contributed by atoms with van der Waals surface area (Å²) < 4.78 is 7.10. The van der Waals surface area contributed by atoms with E-state index in [9.17, 15) is 0 Å². The van der Waals surface area contributed by atoms with Crippen molar-refractivity contribution in [1.82, 2.24) is 24.1 Å². The van der Waals surface area contributed by atoms with Gasteiger partial charge in [-0.3, -0.25) is 4.57 Å². The third-order valence-electron chi connectivity index (χ3n) is 9.98. The first-order valence-corrected chi connectivity index (χ1v) is 17.9. The lowest BCUT2D eigenvalue weighted by molar-refractivity contribution is 0.956. The van der Waals surface area contributed by atoms with E-state index in [2.05, 4.69) is 155 Å². The molecule has 11 aromatic rings. The SMILES string of the molecule is c1ccc(-c2nc(-c3cccc4c3c3ccccc3n4-c3ccccc3)nc(-n3c4ccccc4c4ccc5sc6ccccc6c5c43)n2)cc1. The predicted molar refractivity (Wildman–Crippen MR) is 212 cm³/mol. The number of para-hydroxylation sites is 3. The summed E-state index contributed by atoms with van der Waals surface area (Å²) in [5.74, 6) is 1.86. The molecule has 51 heavy (non-hydrogen) atoms. The normalized spacial score (nSPS) is 11.9. The van der Waals surface area contributed by atoms with Gasteiger partial charge in [-0.25, -0.2) is 4.98 Å². The number of rotatable bonds is 4. The molecule has 0 spiro atoms. The molecule has 0 aliphatic heterocycles. The third kappa shape index (κ3) is 4.17. The highest BCUT2D eigenvalue weighted by Crippen LogP contribution is 2.43. The molecule has 4 heterocycles. The summed E-state index contributed by atoms with van der Waals surface area (Å²) in [6, 6.07) is 57.6. The minimum atomic E-state index is 0.594. The summed E-state index contributed by atoms with van der Waals surface area (Å²) in [5, 5.41) is 7.07. The van der Waals surface area contributed by atoms with Crippen molar-refractivity contribution in [3.63, 3.8) is 0 Å². The minimum absolute atomic E-state index is 0.594. The van der Waals surface area contributed by atoms with E-state index in [-0.39, 0.29) is 0 Å². The van der Waals surface area contributed by atoms with Crippen LogP contribution in [0.25, 0.3) is 98.2 Å². The standard InChI is InChI=1S/C45H27N5S/c1-3-14-28(15-4-1)43-46-44(34-21-13-24-37-40(34)32-19-8-11-23-36(32)49(37)29-16-5-2-6-17-29)48-45(47-43)50-35-22-10-7-18-30(35)31-26-27-39-41(42(31)50)33-20-9-12-25-38(33)51-39/h1-27H. The number of benzene rings is 7. The number of hydrogen-bond donors (Lipinski definition) is 0. The second-order valence-corrected chi connectivity index (χ2v) is 13.9. The summed E-state index contributed by atoms with van der Waals surface area (Å²) in [6.45, 7) is 0. The second kappa shape index (κ2) is 10.9. The molecule has 0 aliphatic carbocycles. The van der Waals surface area contributed by atoms with Crippen LogP contribution in [0.15, 0.2) is 164 Å². The van der Waals surface area contributed by atoms with E-state index in [0.29, 0.717) is 17.6 Å². The summed E-state index contributed by atoms with van der Waals surface area (Å²) in [5.41, 5.74) is 7.43. The Morgan fingerprint density at radius 2 is 1.04 bits per heavy atom. The Kier molecular flexibility index (Phi) is 6.05. The van der Waals surface area contributed by atoms with E-state index < -0.39 is 0 Å². The molecule has 6 heteroatoms. The average molecular weight is 670 g/mol. The zero-order valence-electron chi connectivity index (χ0n) is 27.2. The Balaban J connectivity index is 1.28. The van der Waals surface area contributed by atoms with Crippen molar-refractivity contribution in [2.75, 3.05) is 0 Å². The van der Waals surface area contributed by atoms with Crippen LogP contribution in [0, 0.1) is 0 Å². The van der Waals surface area contributed by atoms with Crippen molar-refractivity contribution < 1.29 is 0 Å². The second-order valence-electron chi connectivity index (χ2n) is 12.8. The Labute approximate surface area is 296 Å². The molecule has 0 N–H and O–H groups in total. The number of nitrogens with zero attached hydrogens (tertiary/aromatic N) is 5. The first-order chi connectivity index (χ1) is 25.3. The highest BCUT2D eigenvalue weighted by Gasteiger charge is 2.23. The highest BCUT2D eigenvalue weighted by atomic mass is 32.1. The van der Waals surface area contributed by atoms with Gasteiger partial charge in [-0.2, -0.15) is 9.97 Å². The molecule has 238 valence electrons. The summed E-state index contributed by atoms with van der Waals surface area (Å²) in [7, 11) is 0. The fraction of sp³-hybridized carbons (Fsp3) is 0. The topological polar surface area (TPSA) is 48.5 Å². The van der Waals surface area contributed by atoms with Gasteiger partial charge in [-0.1, -0.05) is 121 Å². The Bertz CT molecular complexity index is 3140. The van der Waals surface area contributed by atoms with E-state index in [1.807, 2.05) is 29.5 Å². The summed E-state index contributed by atoms with van der Waals surface area (Å²) >= 11 is 1.82. The van der Waals surface area contributed by atoms with Gasteiger partial charge in [0, 0.05) is 58.5 Å². The summed E-state index contributed by atoms with van der Waals surface area (Å²) in [4.78, 5) is 15.9. The Morgan fingerprint density at radius 3 is 1.86 bits per heavy atom. The van der Waals surface area contributed by atoms with Crippen LogP contribution in [-0.2, 0) is 0 Å². The molecule has 0 saturated carbocycles. The van der Waals surface area contributed by atoms with E-state index >= 15 is 0 Å². The van der Waals surface area contributed by atoms with Crippen molar-refractivity contribution in [3.8, 4) is 34.4 Å². The molecule has 0 radical (unpaired) electrons. The maximum absolute atomic E-state index is 5.42. The van der Waals surface area contributed by atoms with Crippen LogP contribution in [0.1, 0.15) is 0 Å². The van der Waals surface area contributed by atoms with Gasteiger partial charge >= 0.3 is 0 Å². The van der Waals surface area contributed by atoms with Gasteiger partial charge in [0.2, 0.25) is 5.95 Å². The number of thiophene rings is 1. The number of fused-ring (bicyclic) bond motifs is 10. The van der Waals surface area contributed by atoms with E-state index in [1.165, 1.54) is 30.9 Å². The first-order valence-electron chi connectivity index (χ1n) is 17.0. The molecule has 0 amide bonds. The average Bonchev–Trinajstić information content (AvgIpc) is 3.86. The smallest absolute Gasteiger partial charge is 0.238 e. The lowest BCUT2D eigenvalue weighted by atomic mass is 10.1. The predicted octanol–water partition coefficient (Wildman–Crippen LogP) is 11.8. The molecule has 0 aliphatic rings. The van der Waals surface area contributed by atoms with Crippen LogP contribution in [0.4, 0.5) is 0 Å². The zero-order valence-corrected chi connectivity index (χ0v) is 28.0.